The lowest BCUT2D eigenvalue weighted by molar-refractivity contribution is 0.0521. The van der Waals surface area contributed by atoms with Crippen LogP contribution in [0.1, 0.15) is 27.6 Å². The van der Waals surface area contributed by atoms with Crippen LogP contribution < -0.4 is 9.47 Å². The molecule has 0 saturated heterocycles. The number of hydrogen-bond acceptors (Lipinski definition) is 5. The fourth-order valence-corrected chi connectivity index (χ4v) is 1.45. The summed E-state index contributed by atoms with van der Waals surface area (Å²) in [5, 5.41) is 0. The largest absolute Gasteiger partial charge is 0.492 e. The van der Waals surface area contributed by atoms with Crippen LogP contribution in [0, 0.1) is 0 Å². The Kier molecular flexibility index (Phi) is 4.51. The van der Waals surface area contributed by atoms with Gasteiger partial charge in [-0.3, -0.25) is 4.79 Å². The Morgan fingerprint density at radius 1 is 1.24 bits per heavy atom. The van der Waals surface area contributed by atoms with Gasteiger partial charge in [-0.2, -0.15) is 0 Å². The van der Waals surface area contributed by atoms with Gasteiger partial charge in [-0.15, -0.1) is 0 Å². The maximum Gasteiger partial charge on any atom is 0.342 e. The highest BCUT2D eigenvalue weighted by Gasteiger charge is 2.20. The van der Waals surface area contributed by atoms with Crippen LogP contribution in [0.4, 0.5) is 0 Å². The van der Waals surface area contributed by atoms with E-state index in [9.17, 15) is 9.59 Å². The van der Waals surface area contributed by atoms with E-state index < -0.39 is 5.97 Å². The fourth-order valence-electron chi connectivity index (χ4n) is 1.45. The van der Waals surface area contributed by atoms with Crippen LogP contribution in [0.2, 0.25) is 0 Å². The zero-order valence-corrected chi connectivity index (χ0v) is 9.98. The number of methoxy groups -OCH3 is 2. The van der Waals surface area contributed by atoms with E-state index in [1.54, 1.807) is 6.92 Å². The second-order valence-corrected chi connectivity index (χ2v) is 3.11. The third-order valence-electron chi connectivity index (χ3n) is 2.17. The van der Waals surface area contributed by atoms with Crippen molar-refractivity contribution in [1.29, 1.82) is 0 Å². The van der Waals surface area contributed by atoms with Crippen LogP contribution in [0.3, 0.4) is 0 Å². The van der Waals surface area contributed by atoms with Crippen molar-refractivity contribution in [3.63, 3.8) is 0 Å². The third-order valence-corrected chi connectivity index (χ3v) is 2.17. The molecule has 1 rings (SSSR count). The zero-order valence-electron chi connectivity index (χ0n) is 9.98. The van der Waals surface area contributed by atoms with E-state index in [0.717, 1.165) is 0 Å². The molecule has 0 radical (unpaired) electrons. The summed E-state index contributed by atoms with van der Waals surface area (Å²) in [7, 11) is 2.80. The topological polar surface area (TPSA) is 61.8 Å². The first-order chi connectivity index (χ1) is 8.19. The highest BCUT2D eigenvalue weighted by molar-refractivity contribution is 5.96. The second-order valence-electron chi connectivity index (χ2n) is 3.11. The molecule has 0 aliphatic heterocycles. The van der Waals surface area contributed by atoms with Crippen LogP contribution in [0.15, 0.2) is 12.1 Å². The van der Waals surface area contributed by atoms with Crippen molar-refractivity contribution in [3.8, 4) is 11.5 Å². The van der Waals surface area contributed by atoms with Gasteiger partial charge in [0.25, 0.3) is 0 Å². The molecule has 0 atom stereocenters. The van der Waals surface area contributed by atoms with E-state index in [1.165, 1.54) is 26.4 Å². The van der Waals surface area contributed by atoms with E-state index in [4.69, 9.17) is 14.2 Å². The highest BCUT2D eigenvalue weighted by atomic mass is 16.5. The molecule has 0 spiro atoms. The fraction of sp³-hybridized carbons (Fsp3) is 0.333. The number of aldehydes is 1. The van der Waals surface area contributed by atoms with Crippen molar-refractivity contribution in [2.45, 2.75) is 6.92 Å². The lowest BCUT2D eigenvalue weighted by atomic mass is 10.1. The summed E-state index contributed by atoms with van der Waals surface area (Å²) < 4.78 is 15.0. The molecule has 5 nitrogen and oxygen atoms in total. The predicted molar refractivity (Wildman–Crippen MR) is 60.9 cm³/mol. The minimum absolute atomic E-state index is 0.204. The minimum atomic E-state index is -0.514. The molecule has 0 heterocycles. The molecular formula is C12H14O5. The first kappa shape index (κ1) is 13.0. The molecule has 0 amide bonds. The van der Waals surface area contributed by atoms with Gasteiger partial charge < -0.3 is 14.2 Å². The average molecular weight is 238 g/mol. The maximum atomic E-state index is 11.6. The first-order valence-electron chi connectivity index (χ1n) is 5.06. The van der Waals surface area contributed by atoms with Crippen LogP contribution in [-0.4, -0.2) is 33.1 Å². The lowest BCUT2D eigenvalue weighted by Crippen LogP contribution is -2.08. The van der Waals surface area contributed by atoms with Crippen molar-refractivity contribution >= 4 is 12.3 Å². The molecule has 5 heteroatoms. The number of esters is 1. The SMILES string of the molecule is CCOC(=O)c1ccc(C=O)c(OC)c1OC. The summed E-state index contributed by atoms with van der Waals surface area (Å²) >= 11 is 0. The average Bonchev–Trinajstić information content (AvgIpc) is 2.36. The number of ether oxygens (including phenoxy) is 3. The molecule has 0 saturated carbocycles. The molecule has 0 unspecified atom stereocenters. The predicted octanol–water partition coefficient (Wildman–Crippen LogP) is 1.69. The summed E-state index contributed by atoms with van der Waals surface area (Å²) in [6, 6.07) is 2.96. The van der Waals surface area contributed by atoms with Gasteiger partial charge in [-0.1, -0.05) is 0 Å². The third kappa shape index (κ3) is 2.55. The number of benzene rings is 1. The van der Waals surface area contributed by atoms with Crippen molar-refractivity contribution in [2.24, 2.45) is 0 Å². The number of carbonyl (C=O) groups excluding carboxylic acids is 2. The molecular weight excluding hydrogens is 224 g/mol. The maximum absolute atomic E-state index is 11.6. The Hall–Kier alpha value is -2.04. The Morgan fingerprint density at radius 2 is 1.88 bits per heavy atom. The van der Waals surface area contributed by atoms with Gasteiger partial charge in [0.1, 0.15) is 5.56 Å². The van der Waals surface area contributed by atoms with Crippen LogP contribution in [0.25, 0.3) is 0 Å². The van der Waals surface area contributed by atoms with Gasteiger partial charge in [-0.05, 0) is 19.1 Å². The summed E-state index contributed by atoms with van der Waals surface area (Å²) in [6.07, 6.45) is 0.635. The van der Waals surface area contributed by atoms with Crippen molar-refractivity contribution in [1.82, 2.24) is 0 Å². The van der Waals surface area contributed by atoms with Crippen LogP contribution >= 0.6 is 0 Å². The van der Waals surface area contributed by atoms with E-state index in [0.29, 0.717) is 11.8 Å². The van der Waals surface area contributed by atoms with Crippen molar-refractivity contribution in [2.75, 3.05) is 20.8 Å². The Labute approximate surface area is 99.3 Å². The molecule has 1 aromatic carbocycles. The van der Waals surface area contributed by atoms with Crippen LogP contribution in [0.5, 0.6) is 11.5 Å². The number of hydrogen-bond donors (Lipinski definition) is 0. The quantitative estimate of drug-likeness (QED) is 0.577. The minimum Gasteiger partial charge on any atom is -0.492 e. The Bertz CT molecular complexity index is 425. The molecule has 1 aromatic rings. The molecule has 17 heavy (non-hydrogen) atoms. The van der Waals surface area contributed by atoms with Crippen molar-refractivity contribution < 1.29 is 23.8 Å². The number of rotatable bonds is 5. The van der Waals surface area contributed by atoms with Gasteiger partial charge in [0, 0.05) is 0 Å². The lowest BCUT2D eigenvalue weighted by Gasteiger charge is -2.13. The standard InChI is InChI=1S/C12H14O5/c1-4-17-12(14)9-6-5-8(7-13)10(15-2)11(9)16-3/h5-7H,4H2,1-3H3. The monoisotopic (exact) mass is 238 g/mol. The molecule has 0 N–H and O–H groups in total. The first-order valence-corrected chi connectivity index (χ1v) is 5.06. The molecule has 92 valence electrons. The number of carbonyl (C=O) groups is 2. The summed E-state index contributed by atoms with van der Waals surface area (Å²) in [6.45, 7) is 1.97. The molecule has 0 aromatic heterocycles. The van der Waals surface area contributed by atoms with Crippen molar-refractivity contribution in [3.05, 3.63) is 23.3 Å². The Balaban J connectivity index is 3.32. The van der Waals surface area contributed by atoms with Gasteiger partial charge in [0.05, 0.1) is 26.4 Å². The summed E-state index contributed by atoms with van der Waals surface area (Å²) in [5.74, 6) is -0.0799. The molecule has 0 bridgehead atoms. The molecule has 0 fully saturated rings. The van der Waals surface area contributed by atoms with Gasteiger partial charge >= 0.3 is 5.97 Å². The van der Waals surface area contributed by atoms with Gasteiger partial charge in [0.15, 0.2) is 17.8 Å². The van der Waals surface area contributed by atoms with E-state index in [2.05, 4.69) is 0 Å². The molecule has 0 aliphatic rings. The van der Waals surface area contributed by atoms with Crippen LogP contribution in [-0.2, 0) is 4.74 Å². The van der Waals surface area contributed by atoms with Gasteiger partial charge in [0.2, 0.25) is 0 Å². The zero-order chi connectivity index (χ0) is 12.8. The van der Waals surface area contributed by atoms with E-state index in [-0.39, 0.29) is 23.7 Å². The van der Waals surface area contributed by atoms with E-state index >= 15 is 0 Å². The normalized spacial score (nSPS) is 9.59. The van der Waals surface area contributed by atoms with Gasteiger partial charge in [-0.25, -0.2) is 4.79 Å². The molecule has 0 aliphatic carbocycles. The smallest absolute Gasteiger partial charge is 0.342 e. The summed E-state index contributed by atoms with van der Waals surface area (Å²) in [5.41, 5.74) is 0.550. The highest BCUT2D eigenvalue weighted by Crippen LogP contribution is 2.34. The van der Waals surface area contributed by atoms with E-state index in [1.807, 2.05) is 0 Å². The second kappa shape index (κ2) is 5.89. The summed E-state index contributed by atoms with van der Waals surface area (Å²) in [4.78, 5) is 22.5. The Morgan fingerprint density at radius 3 is 2.35 bits per heavy atom.